The number of fused-ring (bicyclic) bond motifs is 1. The highest BCUT2D eigenvalue weighted by atomic mass is 32.2. The van der Waals surface area contributed by atoms with Crippen LogP contribution in [0.15, 0.2) is 41.3 Å². The summed E-state index contributed by atoms with van der Waals surface area (Å²) in [7, 11) is 0. The first kappa shape index (κ1) is 14.0. The van der Waals surface area contributed by atoms with Gasteiger partial charge in [0.1, 0.15) is 0 Å². The van der Waals surface area contributed by atoms with Gasteiger partial charge in [-0.2, -0.15) is 0 Å². The normalized spacial score (nSPS) is 16.6. The van der Waals surface area contributed by atoms with Crippen molar-refractivity contribution < 1.29 is 18.0 Å². The van der Waals surface area contributed by atoms with E-state index in [9.17, 15) is 18.0 Å². The molecule has 2 aromatic rings. The van der Waals surface area contributed by atoms with Crippen LogP contribution < -0.4 is 5.32 Å². The van der Waals surface area contributed by atoms with E-state index in [0.29, 0.717) is 6.42 Å². The Morgan fingerprint density at radius 3 is 2.62 bits per heavy atom. The van der Waals surface area contributed by atoms with Gasteiger partial charge in [0.2, 0.25) is 5.91 Å². The Bertz CT molecular complexity index is 695. The number of benzene rings is 2. The topological polar surface area (TPSA) is 29.1 Å². The predicted octanol–water partition coefficient (Wildman–Crippen LogP) is 3.76. The molecule has 0 aliphatic carbocycles. The van der Waals surface area contributed by atoms with Gasteiger partial charge in [-0.15, -0.1) is 11.8 Å². The van der Waals surface area contributed by atoms with Gasteiger partial charge in [-0.25, -0.2) is 13.2 Å². The summed E-state index contributed by atoms with van der Waals surface area (Å²) in [4.78, 5) is 13.1. The molecule has 1 heterocycles. The van der Waals surface area contributed by atoms with Crippen molar-refractivity contribution in [3.63, 3.8) is 0 Å². The van der Waals surface area contributed by atoms with Crippen LogP contribution in [0.4, 0.5) is 18.9 Å². The second-order valence-corrected chi connectivity index (χ2v) is 5.88. The maximum atomic E-state index is 13.5. The number of rotatable bonds is 2. The molecule has 1 aliphatic heterocycles. The lowest BCUT2D eigenvalue weighted by atomic mass is 10.1. The molecule has 21 heavy (non-hydrogen) atoms. The molecule has 0 fully saturated rings. The molecule has 0 radical (unpaired) electrons. The Hall–Kier alpha value is -1.95. The highest BCUT2D eigenvalue weighted by molar-refractivity contribution is 8.01. The largest absolute Gasteiger partial charge is 0.323 e. The molecule has 1 unspecified atom stereocenters. The lowest BCUT2D eigenvalue weighted by molar-refractivity contribution is -0.115. The van der Waals surface area contributed by atoms with E-state index >= 15 is 0 Å². The molecule has 0 saturated carbocycles. The van der Waals surface area contributed by atoms with Gasteiger partial charge in [0.05, 0.1) is 10.9 Å². The smallest absolute Gasteiger partial charge is 0.238 e. The quantitative estimate of drug-likeness (QED) is 0.856. The molecule has 0 aromatic heterocycles. The number of thioether (sulfide) groups is 1. The number of halogens is 3. The molecule has 6 heteroatoms. The fourth-order valence-electron chi connectivity index (χ4n) is 2.16. The first-order chi connectivity index (χ1) is 10.1. The molecule has 0 bridgehead atoms. The van der Waals surface area contributed by atoms with Crippen molar-refractivity contribution in [1.29, 1.82) is 0 Å². The fraction of sp³-hybridized carbons (Fsp3) is 0.133. The highest BCUT2D eigenvalue weighted by Gasteiger charge is 2.28. The Balaban J connectivity index is 1.76. The van der Waals surface area contributed by atoms with E-state index in [0.717, 1.165) is 22.6 Å². The average molecular weight is 309 g/mol. The van der Waals surface area contributed by atoms with E-state index in [1.54, 1.807) is 0 Å². The first-order valence-electron chi connectivity index (χ1n) is 6.25. The van der Waals surface area contributed by atoms with Crippen LogP contribution in [-0.4, -0.2) is 11.2 Å². The van der Waals surface area contributed by atoms with Crippen LogP contribution in [0.25, 0.3) is 0 Å². The van der Waals surface area contributed by atoms with Crippen LogP contribution in [0.5, 0.6) is 0 Å². The average Bonchev–Trinajstić information content (AvgIpc) is 2.92. The minimum absolute atomic E-state index is 0.351. The van der Waals surface area contributed by atoms with Crippen LogP contribution in [0.2, 0.25) is 0 Å². The van der Waals surface area contributed by atoms with Gasteiger partial charge in [-0.1, -0.05) is 18.2 Å². The van der Waals surface area contributed by atoms with Crippen LogP contribution in [0, 0.1) is 17.5 Å². The molecule has 3 rings (SSSR count). The van der Waals surface area contributed by atoms with Crippen LogP contribution in [0.3, 0.4) is 0 Å². The fourth-order valence-corrected chi connectivity index (χ4v) is 3.36. The van der Waals surface area contributed by atoms with Crippen molar-refractivity contribution in [1.82, 2.24) is 0 Å². The van der Waals surface area contributed by atoms with Gasteiger partial charge < -0.3 is 5.32 Å². The molecule has 1 amide bonds. The Kier molecular flexibility index (Phi) is 3.63. The Labute approximate surface area is 123 Å². The minimum Gasteiger partial charge on any atom is -0.323 e. The predicted molar refractivity (Wildman–Crippen MR) is 74.7 cm³/mol. The lowest BCUT2D eigenvalue weighted by Gasteiger charge is -2.11. The number of anilines is 1. The minimum atomic E-state index is -1.59. The molecule has 1 N–H and O–H groups in total. The number of hydrogen-bond donors (Lipinski definition) is 1. The zero-order valence-corrected chi connectivity index (χ0v) is 11.5. The van der Waals surface area contributed by atoms with Crippen molar-refractivity contribution in [2.24, 2.45) is 0 Å². The molecule has 0 spiro atoms. The molecular weight excluding hydrogens is 299 g/mol. The summed E-state index contributed by atoms with van der Waals surface area (Å²) in [5.41, 5.74) is 0.698. The van der Waals surface area contributed by atoms with Gasteiger partial charge in [-0.3, -0.25) is 4.79 Å². The Morgan fingerprint density at radius 1 is 1.10 bits per heavy atom. The zero-order chi connectivity index (χ0) is 15.0. The standard InChI is InChI=1S/C15H10F3NOS/c16-9-5-6-10(14(18)13(9)17)19-15(20)12-7-8-3-1-2-4-11(8)21-12/h1-6,12H,7H2,(H,19,20). The van der Waals surface area contributed by atoms with Crippen molar-refractivity contribution in [2.75, 3.05) is 5.32 Å². The summed E-state index contributed by atoms with van der Waals surface area (Å²) in [6, 6.07) is 9.39. The van der Waals surface area contributed by atoms with Gasteiger partial charge >= 0.3 is 0 Å². The van der Waals surface area contributed by atoms with E-state index in [1.807, 2.05) is 24.3 Å². The van der Waals surface area contributed by atoms with Crippen molar-refractivity contribution >= 4 is 23.4 Å². The van der Waals surface area contributed by atoms with Gasteiger partial charge in [0.25, 0.3) is 0 Å². The summed E-state index contributed by atoms with van der Waals surface area (Å²) in [5.74, 6) is -4.69. The zero-order valence-electron chi connectivity index (χ0n) is 10.7. The molecule has 2 aromatic carbocycles. The third kappa shape index (κ3) is 2.63. The van der Waals surface area contributed by atoms with Crippen LogP contribution in [-0.2, 0) is 11.2 Å². The van der Waals surface area contributed by atoms with E-state index in [4.69, 9.17) is 0 Å². The molecular formula is C15H10F3NOS. The molecule has 0 saturated heterocycles. The third-order valence-corrected chi connectivity index (χ3v) is 4.55. The van der Waals surface area contributed by atoms with Crippen LogP contribution in [0.1, 0.15) is 5.56 Å². The van der Waals surface area contributed by atoms with E-state index in [1.165, 1.54) is 11.8 Å². The summed E-state index contributed by atoms with van der Waals surface area (Å²) in [6.07, 6.45) is 0.526. The second-order valence-electron chi connectivity index (χ2n) is 4.63. The highest BCUT2D eigenvalue weighted by Crippen LogP contribution is 2.37. The van der Waals surface area contributed by atoms with E-state index in [-0.39, 0.29) is 5.69 Å². The van der Waals surface area contributed by atoms with Crippen LogP contribution >= 0.6 is 11.8 Å². The third-order valence-electron chi connectivity index (χ3n) is 3.23. The SMILES string of the molecule is O=C(Nc1ccc(F)c(F)c1F)C1Cc2ccccc2S1. The molecule has 1 aliphatic rings. The number of amides is 1. The summed E-state index contributed by atoms with van der Waals surface area (Å²) < 4.78 is 39.5. The lowest BCUT2D eigenvalue weighted by Crippen LogP contribution is -2.25. The Morgan fingerprint density at radius 2 is 1.86 bits per heavy atom. The van der Waals surface area contributed by atoms with Gasteiger partial charge in [-0.05, 0) is 30.2 Å². The van der Waals surface area contributed by atoms with E-state index in [2.05, 4.69) is 5.32 Å². The number of carbonyl (C=O) groups is 1. The first-order valence-corrected chi connectivity index (χ1v) is 7.13. The van der Waals surface area contributed by atoms with Crippen molar-refractivity contribution in [3.05, 3.63) is 59.4 Å². The van der Waals surface area contributed by atoms with E-state index < -0.39 is 28.6 Å². The molecule has 2 nitrogen and oxygen atoms in total. The maximum absolute atomic E-state index is 13.5. The summed E-state index contributed by atoms with van der Waals surface area (Å²) in [6.45, 7) is 0. The number of carbonyl (C=O) groups excluding carboxylic acids is 1. The second kappa shape index (κ2) is 5.44. The maximum Gasteiger partial charge on any atom is 0.238 e. The molecule has 1 atom stereocenters. The van der Waals surface area contributed by atoms with Gasteiger partial charge in [0, 0.05) is 4.90 Å². The van der Waals surface area contributed by atoms with Gasteiger partial charge in [0.15, 0.2) is 17.5 Å². The van der Waals surface area contributed by atoms with Crippen molar-refractivity contribution in [3.8, 4) is 0 Å². The monoisotopic (exact) mass is 309 g/mol. The molecule has 108 valence electrons. The van der Waals surface area contributed by atoms with Crippen molar-refractivity contribution in [2.45, 2.75) is 16.6 Å². The number of nitrogens with one attached hydrogen (secondary N) is 1. The summed E-state index contributed by atoms with van der Waals surface area (Å²) >= 11 is 1.37. The summed E-state index contributed by atoms with van der Waals surface area (Å²) in [5, 5.41) is 1.91. The number of hydrogen-bond acceptors (Lipinski definition) is 2.